The second-order valence-electron chi connectivity index (χ2n) is 5.35. The Bertz CT molecular complexity index is 865. The molecule has 0 radical (unpaired) electrons. The van der Waals surface area contributed by atoms with Gasteiger partial charge in [-0.2, -0.15) is 0 Å². The molecule has 0 aliphatic rings. The van der Waals surface area contributed by atoms with Gasteiger partial charge in [0.05, 0.1) is 22.6 Å². The molecule has 0 saturated heterocycles. The van der Waals surface area contributed by atoms with Crippen molar-refractivity contribution < 1.29 is 4.79 Å². The number of benzene rings is 2. The molecule has 1 heterocycles. The molecular weight excluding hydrogens is 357 g/mol. The number of carbonyl (C=O) groups excluding carboxylic acids is 1. The third-order valence-electron chi connectivity index (χ3n) is 3.53. The second kappa shape index (κ2) is 8.01. The summed E-state index contributed by atoms with van der Waals surface area (Å²) in [6, 6.07) is 18.1. The van der Waals surface area contributed by atoms with Gasteiger partial charge >= 0.3 is 0 Å². The van der Waals surface area contributed by atoms with Crippen molar-refractivity contribution in [2.75, 3.05) is 10.6 Å². The summed E-state index contributed by atoms with van der Waals surface area (Å²) in [5, 5.41) is 7.18. The van der Waals surface area contributed by atoms with Crippen LogP contribution in [0.2, 0.25) is 10.0 Å². The third kappa shape index (κ3) is 4.72. The topological polar surface area (TPSA) is 54.0 Å². The lowest BCUT2D eigenvalue weighted by molar-refractivity contribution is 0.102. The van der Waals surface area contributed by atoms with Crippen molar-refractivity contribution in [3.63, 3.8) is 0 Å². The molecule has 0 spiro atoms. The number of hydrogen-bond donors (Lipinski definition) is 2. The fourth-order valence-electron chi connectivity index (χ4n) is 2.19. The summed E-state index contributed by atoms with van der Waals surface area (Å²) >= 11 is 11.9. The minimum atomic E-state index is -0.308. The Morgan fingerprint density at radius 2 is 1.72 bits per heavy atom. The predicted octanol–water partition coefficient (Wildman–Crippen LogP) is 5.25. The molecule has 2 aromatic carbocycles. The van der Waals surface area contributed by atoms with Crippen molar-refractivity contribution in [1.82, 2.24) is 4.98 Å². The maximum Gasteiger partial charge on any atom is 0.274 e. The van der Waals surface area contributed by atoms with Crippen LogP contribution in [0.15, 0.2) is 66.9 Å². The third-order valence-corrected chi connectivity index (χ3v) is 4.11. The first kappa shape index (κ1) is 17.3. The molecule has 0 unspecified atom stereocenters. The molecule has 2 N–H and O–H groups in total. The molecule has 0 atom stereocenters. The smallest absolute Gasteiger partial charge is 0.274 e. The van der Waals surface area contributed by atoms with Crippen LogP contribution in [-0.2, 0) is 6.54 Å². The van der Waals surface area contributed by atoms with E-state index in [9.17, 15) is 4.79 Å². The summed E-state index contributed by atoms with van der Waals surface area (Å²) in [6.45, 7) is 0.643. The fourth-order valence-corrected chi connectivity index (χ4v) is 2.50. The standard InChI is InChI=1S/C19H15Cl2N3O/c20-14-7-5-13(6-8-14)11-22-15-9-10-18(23-12-15)19(25)24-17-4-2-1-3-16(17)21/h1-10,12,22H,11H2,(H,24,25). The number of amides is 1. The van der Waals surface area contributed by atoms with Crippen LogP contribution in [0.1, 0.15) is 16.1 Å². The van der Waals surface area contributed by atoms with Crippen molar-refractivity contribution in [3.05, 3.63) is 88.2 Å². The van der Waals surface area contributed by atoms with E-state index in [2.05, 4.69) is 15.6 Å². The van der Waals surface area contributed by atoms with E-state index in [0.29, 0.717) is 28.0 Å². The highest BCUT2D eigenvalue weighted by Crippen LogP contribution is 2.21. The lowest BCUT2D eigenvalue weighted by Gasteiger charge is -2.08. The number of anilines is 2. The largest absolute Gasteiger partial charge is 0.380 e. The Hall–Kier alpha value is -2.56. The van der Waals surface area contributed by atoms with Crippen LogP contribution in [-0.4, -0.2) is 10.9 Å². The van der Waals surface area contributed by atoms with Gasteiger partial charge < -0.3 is 10.6 Å². The van der Waals surface area contributed by atoms with E-state index in [1.165, 1.54) is 0 Å². The van der Waals surface area contributed by atoms with E-state index in [1.807, 2.05) is 30.3 Å². The first-order chi connectivity index (χ1) is 12.1. The molecule has 6 heteroatoms. The Kier molecular flexibility index (Phi) is 5.53. The summed E-state index contributed by atoms with van der Waals surface area (Å²) in [4.78, 5) is 16.4. The van der Waals surface area contributed by atoms with Crippen LogP contribution in [0, 0.1) is 0 Å². The van der Waals surface area contributed by atoms with Crippen LogP contribution in [0.3, 0.4) is 0 Å². The number of hydrogen-bond acceptors (Lipinski definition) is 3. The molecule has 3 rings (SSSR count). The van der Waals surface area contributed by atoms with E-state index in [0.717, 1.165) is 11.3 Å². The van der Waals surface area contributed by atoms with Gasteiger partial charge in [-0.25, -0.2) is 4.98 Å². The van der Waals surface area contributed by atoms with Crippen LogP contribution < -0.4 is 10.6 Å². The van der Waals surface area contributed by atoms with Gasteiger partial charge in [0.1, 0.15) is 5.69 Å². The Morgan fingerprint density at radius 3 is 2.40 bits per heavy atom. The number of carbonyl (C=O) groups is 1. The minimum absolute atomic E-state index is 0.308. The highest BCUT2D eigenvalue weighted by atomic mass is 35.5. The molecule has 25 heavy (non-hydrogen) atoms. The molecule has 0 fully saturated rings. The van der Waals surface area contributed by atoms with E-state index >= 15 is 0 Å². The van der Waals surface area contributed by atoms with Gasteiger partial charge in [0, 0.05) is 11.6 Å². The number of pyridine rings is 1. The molecular formula is C19H15Cl2N3O. The molecule has 4 nitrogen and oxygen atoms in total. The zero-order chi connectivity index (χ0) is 17.6. The van der Waals surface area contributed by atoms with E-state index in [1.54, 1.807) is 36.5 Å². The zero-order valence-electron chi connectivity index (χ0n) is 13.2. The molecule has 0 saturated carbocycles. The Balaban J connectivity index is 1.60. The van der Waals surface area contributed by atoms with E-state index in [-0.39, 0.29) is 5.91 Å². The number of rotatable bonds is 5. The molecule has 0 bridgehead atoms. The fraction of sp³-hybridized carbons (Fsp3) is 0.0526. The lowest BCUT2D eigenvalue weighted by Crippen LogP contribution is -2.14. The Morgan fingerprint density at radius 1 is 0.960 bits per heavy atom. The summed E-state index contributed by atoms with van der Waals surface area (Å²) in [5.41, 5.74) is 2.80. The van der Waals surface area contributed by atoms with Crippen LogP contribution >= 0.6 is 23.2 Å². The van der Waals surface area contributed by atoms with E-state index < -0.39 is 0 Å². The van der Waals surface area contributed by atoms with Gasteiger partial charge in [-0.1, -0.05) is 47.5 Å². The van der Waals surface area contributed by atoms with Crippen LogP contribution in [0.4, 0.5) is 11.4 Å². The molecule has 0 aliphatic carbocycles. The van der Waals surface area contributed by atoms with Crippen molar-refractivity contribution in [1.29, 1.82) is 0 Å². The van der Waals surface area contributed by atoms with Crippen molar-refractivity contribution >= 4 is 40.5 Å². The van der Waals surface area contributed by atoms with Gasteiger partial charge in [-0.05, 0) is 42.0 Å². The first-order valence-corrected chi connectivity index (χ1v) is 8.38. The van der Waals surface area contributed by atoms with E-state index in [4.69, 9.17) is 23.2 Å². The summed E-state index contributed by atoms with van der Waals surface area (Å²) < 4.78 is 0. The summed E-state index contributed by atoms with van der Waals surface area (Å²) in [6.07, 6.45) is 1.62. The molecule has 0 aliphatic heterocycles. The first-order valence-electron chi connectivity index (χ1n) is 7.62. The molecule has 1 amide bonds. The molecule has 3 aromatic rings. The van der Waals surface area contributed by atoms with Crippen molar-refractivity contribution in [2.24, 2.45) is 0 Å². The molecule has 126 valence electrons. The lowest BCUT2D eigenvalue weighted by atomic mass is 10.2. The number of nitrogens with zero attached hydrogens (tertiary/aromatic N) is 1. The van der Waals surface area contributed by atoms with Crippen molar-refractivity contribution in [3.8, 4) is 0 Å². The summed E-state index contributed by atoms with van der Waals surface area (Å²) in [5.74, 6) is -0.308. The average Bonchev–Trinajstić information content (AvgIpc) is 2.63. The Labute approximate surface area is 155 Å². The van der Waals surface area contributed by atoms with Crippen LogP contribution in [0.25, 0.3) is 0 Å². The number of halogens is 2. The number of para-hydroxylation sites is 1. The highest BCUT2D eigenvalue weighted by molar-refractivity contribution is 6.33. The van der Waals surface area contributed by atoms with Gasteiger partial charge in [0.15, 0.2) is 0 Å². The predicted molar refractivity (Wildman–Crippen MR) is 102 cm³/mol. The monoisotopic (exact) mass is 371 g/mol. The van der Waals surface area contributed by atoms with Gasteiger partial charge in [0.2, 0.25) is 0 Å². The summed E-state index contributed by atoms with van der Waals surface area (Å²) in [7, 11) is 0. The van der Waals surface area contributed by atoms with Gasteiger partial charge in [-0.3, -0.25) is 4.79 Å². The van der Waals surface area contributed by atoms with Crippen LogP contribution in [0.5, 0.6) is 0 Å². The quantitative estimate of drug-likeness (QED) is 0.643. The van der Waals surface area contributed by atoms with Gasteiger partial charge in [0.25, 0.3) is 5.91 Å². The number of aromatic nitrogens is 1. The second-order valence-corrected chi connectivity index (χ2v) is 6.19. The SMILES string of the molecule is O=C(Nc1ccccc1Cl)c1ccc(NCc2ccc(Cl)cc2)cn1. The number of nitrogens with one attached hydrogen (secondary N) is 2. The zero-order valence-corrected chi connectivity index (χ0v) is 14.7. The minimum Gasteiger partial charge on any atom is -0.380 e. The normalized spacial score (nSPS) is 10.3. The maximum atomic E-state index is 12.2. The van der Waals surface area contributed by atoms with Crippen molar-refractivity contribution in [2.45, 2.75) is 6.54 Å². The van der Waals surface area contributed by atoms with Gasteiger partial charge in [-0.15, -0.1) is 0 Å². The maximum absolute atomic E-state index is 12.2. The molecule has 1 aromatic heterocycles. The highest BCUT2D eigenvalue weighted by Gasteiger charge is 2.09. The average molecular weight is 372 g/mol.